The number of aryl methyl sites for hydroxylation is 1. The van der Waals surface area contributed by atoms with Crippen LogP contribution in [-0.2, 0) is 33.9 Å². The first kappa shape index (κ1) is 43.5. The van der Waals surface area contributed by atoms with Crippen molar-refractivity contribution in [2.24, 2.45) is 5.41 Å². The number of carbonyl (C=O) groups is 5. The normalized spacial score (nSPS) is 19.8. The summed E-state index contributed by atoms with van der Waals surface area (Å²) in [7, 11) is 0. The first-order chi connectivity index (χ1) is 32.2. The van der Waals surface area contributed by atoms with Crippen molar-refractivity contribution in [1.29, 1.82) is 0 Å². The highest BCUT2D eigenvalue weighted by molar-refractivity contribution is 7.13. The number of halogens is 3. The Labute approximate surface area is 398 Å². The molecule has 2 aromatic heterocycles. The number of imide groups is 1. The zero-order chi connectivity index (χ0) is 46.4. The fourth-order valence-electron chi connectivity index (χ4n) is 10.7. The molecule has 6 amide bonds. The van der Waals surface area contributed by atoms with Crippen LogP contribution in [0, 0.1) is 11.2 Å². The molecule has 8 heterocycles. The Bertz CT molecular complexity index is 2830. The van der Waals surface area contributed by atoms with Crippen LogP contribution in [0.15, 0.2) is 66.4 Å². The molecule has 3 aromatic carbocycles. The third-order valence-corrected chi connectivity index (χ3v) is 15.4. The van der Waals surface area contributed by atoms with Gasteiger partial charge in [-0.15, -0.1) is 11.3 Å². The number of urea groups is 1. The monoisotopic (exact) mass is 966 g/mol. The quantitative estimate of drug-likeness (QED) is 0.145. The van der Waals surface area contributed by atoms with Gasteiger partial charge in [-0.2, -0.15) is 0 Å². The molecule has 1 atom stereocenters. The van der Waals surface area contributed by atoms with Gasteiger partial charge < -0.3 is 29.3 Å². The molecule has 0 aliphatic carbocycles. The van der Waals surface area contributed by atoms with Gasteiger partial charge in [0, 0.05) is 104 Å². The molecule has 5 aromatic rings. The van der Waals surface area contributed by atoms with Crippen LogP contribution in [0.5, 0.6) is 0 Å². The Morgan fingerprint density at radius 1 is 0.896 bits per heavy atom. The van der Waals surface area contributed by atoms with E-state index in [1.54, 1.807) is 36.1 Å². The van der Waals surface area contributed by atoms with Crippen LogP contribution in [-0.4, -0.2) is 111 Å². The largest absolute Gasteiger partial charge is 0.389 e. The summed E-state index contributed by atoms with van der Waals surface area (Å²) in [4.78, 5) is 83.1. The van der Waals surface area contributed by atoms with Gasteiger partial charge in [0.15, 0.2) is 11.2 Å². The molecule has 20 heteroatoms. The minimum absolute atomic E-state index is 0.0216. The number of nitrogens with one attached hydrogen (secondary N) is 2. The van der Waals surface area contributed by atoms with Gasteiger partial charge >= 0.3 is 6.03 Å². The second-order valence-electron chi connectivity index (χ2n) is 18.6. The number of piperidine rings is 1. The number of anilines is 4. The molecule has 6 aliphatic heterocycles. The number of likely N-dealkylation sites (tertiary alicyclic amines) is 1. The highest BCUT2D eigenvalue weighted by Gasteiger charge is 2.54. The number of imidazole rings is 1. The number of nitrogens with zero attached hydrogens (tertiary/aromatic N) is 8. The van der Waals surface area contributed by atoms with Crippen LogP contribution >= 0.6 is 34.5 Å². The Morgan fingerprint density at radius 3 is 2.34 bits per heavy atom. The maximum atomic E-state index is 16.0. The number of hydrogen-bond donors (Lipinski definition) is 3. The van der Waals surface area contributed by atoms with E-state index in [1.165, 1.54) is 27.2 Å². The number of thiazole rings is 1. The van der Waals surface area contributed by atoms with Crippen molar-refractivity contribution >= 4 is 86.4 Å². The molecule has 4 saturated heterocycles. The number of fused-ring (bicyclic) bond motifs is 2. The maximum Gasteiger partial charge on any atom is 0.328 e. The van der Waals surface area contributed by atoms with Crippen molar-refractivity contribution in [3.8, 4) is 11.1 Å². The Balaban J connectivity index is 0.687. The predicted molar refractivity (Wildman–Crippen MR) is 250 cm³/mol. The second-order valence-corrected chi connectivity index (χ2v) is 20.3. The summed E-state index contributed by atoms with van der Waals surface area (Å²) in [6.45, 7) is 4.55. The summed E-state index contributed by atoms with van der Waals surface area (Å²) < 4.78 is 18.0. The van der Waals surface area contributed by atoms with Gasteiger partial charge in [0.25, 0.3) is 11.8 Å². The molecule has 1 unspecified atom stereocenters. The number of aromatic nitrogens is 3. The smallest absolute Gasteiger partial charge is 0.328 e. The highest BCUT2D eigenvalue weighted by Crippen LogP contribution is 2.45. The molecule has 1 spiro atoms. The van der Waals surface area contributed by atoms with Crippen molar-refractivity contribution in [3.63, 3.8) is 0 Å². The Kier molecular flexibility index (Phi) is 10.8. The van der Waals surface area contributed by atoms with Crippen LogP contribution < -0.4 is 25.3 Å². The maximum absolute atomic E-state index is 16.0. The molecule has 0 saturated carbocycles. The molecule has 3 N–H and O–H groups in total. The van der Waals surface area contributed by atoms with Gasteiger partial charge in [0.2, 0.25) is 11.8 Å². The molecule has 4 fully saturated rings. The van der Waals surface area contributed by atoms with E-state index in [1.807, 2.05) is 38.6 Å². The van der Waals surface area contributed by atoms with Crippen LogP contribution in [0.1, 0.15) is 65.5 Å². The zero-order valence-electron chi connectivity index (χ0n) is 36.1. The lowest BCUT2D eigenvalue weighted by Gasteiger charge is -2.61. The Morgan fingerprint density at radius 2 is 1.64 bits per heavy atom. The van der Waals surface area contributed by atoms with Crippen LogP contribution in [0.2, 0.25) is 10.0 Å². The van der Waals surface area contributed by atoms with Gasteiger partial charge in [0.1, 0.15) is 5.82 Å². The fraction of sp³-hybridized carbons (Fsp3) is 0.383. The van der Waals surface area contributed by atoms with Crippen molar-refractivity contribution in [2.75, 3.05) is 65.8 Å². The summed E-state index contributed by atoms with van der Waals surface area (Å²) in [5, 5.41) is 19.5. The lowest BCUT2D eigenvalue weighted by Crippen LogP contribution is -2.73. The van der Waals surface area contributed by atoms with Gasteiger partial charge in [-0.25, -0.2) is 19.2 Å². The molecule has 67 heavy (non-hydrogen) atoms. The van der Waals surface area contributed by atoms with E-state index in [9.17, 15) is 29.1 Å². The van der Waals surface area contributed by atoms with Crippen molar-refractivity contribution in [3.05, 3.63) is 105 Å². The third-order valence-electron chi connectivity index (χ3n) is 14.2. The lowest BCUT2D eigenvalue weighted by atomic mass is 9.72. The number of benzene rings is 3. The van der Waals surface area contributed by atoms with Crippen LogP contribution in [0.4, 0.5) is 31.4 Å². The summed E-state index contributed by atoms with van der Waals surface area (Å²) >= 11 is 14.6. The molecule has 0 radical (unpaired) electrons. The molecule has 0 bridgehead atoms. The summed E-state index contributed by atoms with van der Waals surface area (Å²) in [6.07, 6.45) is 5.81. The molecule has 11 rings (SSSR count). The number of carbonyl (C=O) groups excluding carboxylic acids is 5. The van der Waals surface area contributed by atoms with Crippen molar-refractivity contribution in [2.45, 2.75) is 63.3 Å². The minimum Gasteiger partial charge on any atom is -0.389 e. The molecule has 6 aliphatic rings. The second kappa shape index (κ2) is 16.6. The zero-order valence-corrected chi connectivity index (χ0v) is 38.5. The SMILES string of the molecule is O=C1CCN(c2cc(Cl)c(N3CCC(O)(CC(=O)N4CC5(C4)CN(c4ccc(-c6cc(F)c7c(c6)C(=O)N(C(C(=O)Nc6nccs6)c6ncn8c6CCC8)C7)cc4)C5)CC3)c(Cl)c2)C(=O)N1. The Hall–Kier alpha value is -6.08. The number of hydrogen-bond acceptors (Lipinski definition) is 11. The van der Waals surface area contributed by atoms with E-state index in [2.05, 4.69) is 25.5 Å². The van der Waals surface area contributed by atoms with E-state index in [4.69, 9.17) is 23.2 Å². The van der Waals surface area contributed by atoms with Crippen molar-refractivity contribution in [1.82, 2.24) is 29.7 Å². The first-order valence-corrected chi connectivity index (χ1v) is 24.0. The summed E-state index contributed by atoms with van der Waals surface area (Å²) in [5.41, 5.74) is 4.04. The summed E-state index contributed by atoms with van der Waals surface area (Å²) in [6, 6.07) is 12.6. The molecular formula is C47H45Cl2FN10O6S. The summed E-state index contributed by atoms with van der Waals surface area (Å²) in [5.74, 6) is -1.82. The topological polar surface area (TPSA) is 177 Å². The standard InChI is InChI=1S/C47H45Cl2FN10O6S/c48-33-18-30(59-12-7-37(61)53-45(59)65)19-34(49)40(33)55-13-8-47(66,9-14-55)20-38(62)58-24-46(25-58)22-57(23-46)29-5-3-27(4-6-29)28-16-31-32(35(50)17-28)21-60(43(31)64)41(42(63)54-44-51-10-15-67-44)39-36-2-1-11-56(36)26-52-39/h3-6,10,15-19,26,41,66H,1-2,7-9,11-14,20-25H2,(H,51,54,63)(H,53,61,65). The van der Waals surface area contributed by atoms with Crippen LogP contribution in [0.25, 0.3) is 11.1 Å². The van der Waals surface area contributed by atoms with E-state index in [0.29, 0.717) is 76.8 Å². The van der Waals surface area contributed by atoms with Gasteiger partial charge in [0.05, 0.1) is 46.3 Å². The van der Waals surface area contributed by atoms with Crippen molar-refractivity contribution < 1.29 is 33.5 Å². The van der Waals surface area contributed by atoms with Gasteiger partial charge in [-0.05, 0) is 73.2 Å². The van der Waals surface area contributed by atoms with Gasteiger partial charge in [-0.1, -0.05) is 35.3 Å². The molecular weight excluding hydrogens is 923 g/mol. The molecule has 346 valence electrons. The van der Waals surface area contributed by atoms with E-state index in [0.717, 1.165) is 49.4 Å². The number of aliphatic hydroxyl groups is 1. The lowest BCUT2D eigenvalue weighted by molar-refractivity contribution is -0.151. The average molecular weight is 968 g/mol. The highest BCUT2D eigenvalue weighted by atomic mass is 35.5. The fourth-order valence-corrected chi connectivity index (χ4v) is 11.9. The van der Waals surface area contributed by atoms with Crippen LogP contribution in [0.3, 0.4) is 0 Å². The molecule has 16 nitrogen and oxygen atoms in total. The van der Waals surface area contributed by atoms with Gasteiger partial charge in [-0.3, -0.25) is 34.7 Å². The first-order valence-electron chi connectivity index (χ1n) is 22.3. The number of rotatable bonds is 10. The third kappa shape index (κ3) is 7.86. The van der Waals surface area contributed by atoms with E-state index < -0.39 is 35.3 Å². The van der Waals surface area contributed by atoms with E-state index in [-0.39, 0.29) is 54.3 Å². The van der Waals surface area contributed by atoms with E-state index >= 15 is 4.39 Å². The average Bonchev–Trinajstić information content (AvgIpc) is 4.09. The number of amides is 6. The minimum atomic E-state index is -1.17. The predicted octanol–water partition coefficient (Wildman–Crippen LogP) is 6.25.